The molecule has 1 aliphatic heterocycles. The third-order valence-corrected chi connectivity index (χ3v) is 4.78. The summed E-state index contributed by atoms with van der Waals surface area (Å²) in [7, 11) is 1.54. The van der Waals surface area contributed by atoms with E-state index in [-0.39, 0.29) is 36.0 Å². The van der Waals surface area contributed by atoms with Crippen LogP contribution < -0.4 is 4.74 Å². The molecule has 1 aliphatic rings. The molecule has 1 aromatic heterocycles. The minimum atomic E-state index is -0.386. The molecule has 0 saturated carbocycles. The number of rotatable bonds is 11. The quantitative estimate of drug-likeness (QED) is 0.335. The summed E-state index contributed by atoms with van der Waals surface area (Å²) in [4.78, 5) is 41.6. The Hall–Kier alpha value is -2.44. The van der Waals surface area contributed by atoms with Crippen molar-refractivity contribution >= 4 is 17.7 Å². The maximum Gasteiger partial charge on any atom is 0.308 e. The lowest BCUT2D eigenvalue weighted by Crippen LogP contribution is -2.54. The molecular formula is C20H28N2O5. The number of aromatic nitrogens is 1. The Morgan fingerprint density at radius 3 is 2.67 bits per heavy atom. The van der Waals surface area contributed by atoms with E-state index in [9.17, 15) is 14.4 Å². The van der Waals surface area contributed by atoms with Gasteiger partial charge in [-0.05, 0) is 32.3 Å². The number of likely N-dealkylation sites (tertiary alicyclic amines) is 1. The van der Waals surface area contributed by atoms with Crippen LogP contribution in [0.3, 0.4) is 0 Å². The van der Waals surface area contributed by atoms with E-state index in [1.54, 1.807) is 31.0 Å². The number of esters is 1. The van der Waals surface area contributed by atoms with Gasteiger partial charge >= 0.3 is 5.97 Å². The van der Waals surface area contributed by atoms with Gasteiger partial charge in [0.2, 0.25) is 11.8 Å². The highest BCUT2D eigenvalue weighted by Crippen LogP contribution is 2.35. The van der Waals surface area contributed by atoms with Gasteiger partial charge < -0.3 is 19.2 Å². The molecule has 0 N–H and O–H groups in total. The number of hydrogen-bond acceptors (Lipinski definition) is 6. The highest BCUT2D eigenvalue weighted by Gasteiger charge is 2.41. The second-order valence-electron chi connectivity index (χ2n) is 6.79. The van der Waals surface area contributed by atoms with Gasteiger partial charge in [0.15, 0.2) is 0 Å². The third kappa shape index (κ3) is 5.77. The molecule has 7 nitrogen and oxygen atoms in total. The summed E-state index contributed by atoms with van der Waals surface area (Å²) in [6.45, 7) is 4.25. The van der Waals surface area contributed by atoms with E-state index in [1.807, 2.05) is 6.07 Å². The Morgan fingerprint density at radius 2 is 2.11 bits per heavy atom. The molecule has 1 amide bonds. The van der Waals surface area contributed by atoms with E-state index in [4.69, 9.17) is 9.47 Å². The smallest absolute Gasteiger partial charge is 0.308 e. The first kappa shape index (κ1) is 20.9. The number of ether oxygens (including phenoxy) is 2. The maximum atomic E-state index is 12.6. The molecule has 2 heterocycles. The topological polar surface area (TPSA) is 85.8 Å². The lowest BCUT2D eigenvalue weighted by molar-refractivity contribution is -0.155. The fourth-order valence-corrected chi connectivity index (χ4v) is 3.28. The van der Waals surface area contributed by atoms with Crippen LogP contribution in [0.25, 0.3) is 0 Å². The van der Waals surface area contributed by atoms with Gasteiger partial charge in [-0.1, -0.05) is 12.5 Å². The number of carbonyl (C=O) groups is 3. The Bertz CT molecular complexity index is 659. The predicted molar refractivity (Wildman–Crippen MR) is 99.1 cm³/mol. The van der Waals surface area contributed by atoms with E-state index in [0.717, 1.165) is 24.8 Å². The number of Topliss-reactive ketones (excluding diaryl/α,β-unsaturated/α-hetero) is 1. The average molecular weight is 376 g/mol. The molecule has 1 aromatic rings. The molecule has 27 heavy (non-hydrogen) atoms. The third-order valence-electron chi connectivity index (χ3n) is 4.78. The molecule has 2 rings (SSSR count). The van der Waals surface area contributed by atoms with Gasteiger partial charge in [-0.25, -0.2) is 4.98 Å². The number of pyridine rings is 1. The normalized spacial score (nSPS) is 17.2. The Morgan fingerprint density at radius 1 is 1.33 bits per heavy atom. The van der Waals surface area contributed by atoms with Crippen LogP contribution >= 0.6 is 0 Å². The van der Waals surface area contributed by atoms with Crippen LogP contribution in [0.1, 0.15) is 57.6 Å². The van der Waals surface area contributed by atoms with Crippen molar-refractivity contribution in [1.82, 2.24) is 9.88 Å². The van der Waals surface area contributed by atoms with E-state index >= 15 is 0 Å². The number of unbranched alkanes of at least 4 members (excludes halogenated alkanes) is 1. The number of amides is 1. The molecular weight excluding hydrogens is 348 g/mol. The summed E-state index contributed by atoms with van der Waals surface area (Å²) in [6.07, 6.45) is 4.74. The summed E-state index contributed by atoms with van der Waals surface area (Å²) in [6, 6.07) is 3.16. The van der Waals surface area contributed by atoms with Crippen molar-refractivity contribution in [3.63, 3.8) is 0 Å². The van der Waals surface area contributed by atoms with Crippen molar-refractivity contribution in [1.29, 1.82) is 0 Å². The first-order chi connectivity index (χ1) is 13.0. The van der Waals surface area contributed by atoms with Crippen LogP contribution in [0.2, 0.25) is 0 Å². The monoisotopic (exact) mass is 376 g/mol. The number of nitrogens with zero attached hydrogens (tertiary/aromatic N) is 2. The molecule has 1 unspecified atom stereocenters. The summed E-state index contributed by atoms with van der Waals surface area (Å²) in [5.41, 5.74) is 0.784. The first-order valence-electron chi connectivity index (χ1n) is 9.41. The van der Waals surface area contributed by atoms with Crippen molar-refractivity contribution in [2.45, 2.75) is 52.0 Å². The van der Waals surface area contributed by atoms with Crippen LogP contribution in [0, 0.1) is 5.92 Å². The van der Waals surface area contributed by atoms with Crippen LogP contribution in [0.5, 0.6) is 5.88 Å². The van der Waals surface area contributed by atoms with Crippen LogP contribution in [-0.4, -0.2) is 47.8 Å². The van der Waals surface area contributed by atoms with Crippen molar-refractivity contribution < 1.29 is 23.9 Å². The van der Waals surface area contributed by atoms with Crippen LogP contribution in [0.4, 0.5) is 0 Å². The summed E-state index contributed by atoms with van der Waals surface area (Å²) >= 11 is 0. The van der Waals surface area contributed by atoms with Crippen molar-refractivity contribution in [3.05, 3.63) is 23.9 Å². The molecule has 148 valence electrons. The molecule has 1 fully saturated rings. The number of ketones is 1. The number of β-lactam (4-membered cyclic amide) rings is 1. The number of carbonyl (C=O) groups excluding carboxylic acids is 3. The van der Waals surface area contributed by atoms with Gasteiger partial charge in [0.05, 0.1) is 32.1 Å². The Balaban J connectivity index is 2.00. The van der Waals surface area contributed by atoms with Gasteiger partial charge in [0.25, 0.3) is 0 Å². The fourth-order valence-electron chi connectivity index (χ4n) is 3.28. The Labute approximate surface area is 160 Å². The molecule has 2 atom stereocenters. The van der Waals surface area contributed by atoms with Crippen molar-refractivity contribution in [2.75, 3.05) is 20.3 Å². The number of hydrogen-bond donors (Lipinski definition) is 0. The molecule has 1 saturated heterocycles. The predicted octanol–water partition coefficient (Wildman–Crippen LogP) is 2.69. The zero-order valence-electron chi connectivity index (χ0n) is 16.3. The maximum absolute atomic E-state index is 12.6. The van der Waals surface area contributed by atoms with Gasteiger partial charge in [-0.15, -0.1) is 0 Å². The summed E-state index contributed by atoms with van der Waals surface area (Å²) < 4.78 is 10.1. The second kappa shape index (κ2) is 10.0. The van der Waals surface area contributed by atoms with Gasteiger partial charge in [-0.3, -0.25) is 9.59 Å². The van der Waals surface area contributed by atoms with E-state index in [2.05, 4.69) is 4.98 Å². The second-order valence-corrected chi connectivity index (χ2v) is 6.79. The van der Waals surface area contributed by atoms with Gasteiger partial charge in [0, 0.05) is 25.2 Å². The lowest BCUT2D eigenvalue weighted by atomic mass is 9.88. The van der Waals surface area contributed by atoms with Gasteiger partial charge in [-0.2, -0.15) is 0 Å². The number of methoxy groups -OCH3 is 1. The zero-order valence-corrected chi connectivity index (χ0v) is 16.3. The van der Waals surface area contributed by atoms with E-state index in [0.29, 0.717) is 25.5 Å². The summed E-state index contributed by atoms with van der Waals surface area (Å²) in [5, 5.41) is 0. The van der Waals surface area contributed by atoms with Crippen molar-refractivity contribution in [3.8, 4) is 5.88 Å². The molecule has 7 heteroatoms. The van der Waals surface area contributed by atoms with Crippen molar-refractivity contribution in [2.24, 2.45) is 5.92 Å². The fraction of sp³-hybridized carbons (Fsp3) is 0.600. The molecule has 0 spiro atoms. The Kier molecular flexibility index (Phi) is 7.76. The zero-order chi connectivity index (χ0) is 19.8. The largest absolute Gasteiger partial charge is 0.481 e. The minimum absolute atomic E-state index is 0.0344. The SMILES string of the molecule is CCOC(=O)C[C@@H](c1ccc(OC)nc1)N1CC(CCCCC(C)=O)C1=O. The van der Waals surface area contributed by atoms with E-state index < -0.39 is 0 Å². The van der Waals surface area contributed by atoms with Crippen LogP contribution in [-0.2, 0) is 19.1 Å². The first-order valence-corrected chi connectivity index (χ1v) is 9.41. The summed E-state index contributed by atoms with van der Waals surface area (Å²) in [5.74, 6) is 0.330. The molecule has 0 aliphatic carbocycles. The highest BCUT2D eigenvalue weighted by molar-refractivity contribution is 5.85. The average Bonchev–Trinajstić information content (AvgIpc) is 2.65. The van der Waals surface area contributed by atoms with Gasteiger partial charge in [0.1, 0.15) is 5.78 Å². The van der Waals surface area contributed by atoms with Crippen LogP contribution in [0.15, 0.2) is 18.3 Å². The molecule has 0 radical (unpaired) electrons. The van der Waals surface area contributed by atoms with E-state index in [1.165, 1.54) is 7.11 Å². The molecule has 0 bridgehead atoms. The standard InChI is InChI=1S/C20H28N2O5/c1-4-27-19(24)11-17(15-9-10-18(26-3)21-12-15)22-13-16(20(22)25)8-6-5-7-14(2)23/h9-10,12,16-17H,4-8,11,13H2,1-3H3/t16?,17-/m0/s1. The highest BCUT2D eigenvalue weighted by atomic mass is 16.5. The minimum Gasteiger partial charge on any atom is -0.481 e. The molecule has 0 aromatic carbocycles. The lowest BCUT2D eigenvalue weighted by Gasteiger charge is -2.43.